The standard InChI is InChI=1S/C21H28N2O3/c1-20(2,3)26-19(25)22-17-13-21(17)9-8-14-12-15(6-7-16(14)21)18(24)23-10-4-5-11-23/h6-7,12,17H,4-5,8-11,13H2,1-3H3,(H,22,25). The molecule has 3 aliphatic rings. The van der Waals surface area contributed by atoms with Crippen molar-refractivity contribution >= 4 is 12.0 Å². The maximum absolute atomic E-state index is 12.6. The van der Waals surface area contributed by atoms with Crippen LogP contribution in [0.3, 0.4) is 0 Å². The molecule has 2 aliphatic carbocycles. The second-order valence-electron chi connectivity index (χ2n) is 8.93. The number of carbonyl (C=O) groups excluding carboxylic acids is 2. The van der Waals surface area contributed by atoms with Gasteiger partial charge in [-0.15, -0.1) is 0 Å². The van der Waals surface area contributed by atoms with Crippen LogP contribution in [-0.2, 0) is 16.6 Å². The average molecular weight is 356 g/mol. The van der Waals surface area contributed by atoms with E-state index in [-0.39, 0.29) is 23.5 Å². The third kappa shape index (κ3) is 3.08. The predicted octanol–water partition coefficient (Wildman–Crippen LogP) is 3.40. The van der Waals surface area contributed by atoms with Gasteiger partial charge in [-0.3, -0.25) is 4.79 Å². The molecular weight excluding hydrogens is 328 g/mol. The number of nitrogens with one attached hydrogen (secondary N) is 1. The third-order valence-electron chi connectivity index (χ3n) is 5.89. The fraction of sp³-hybridized carbons (Fsp3) is 0.619. The molecule has 2 fully saturated rings. The molecule has 2 atom stereocenters. The van der Waals surface area contributed by atoms with Crippen molar-refractivity contribution in [3.05, 3.63) is 34.9 Å². The molecule has 1 saturated heterocycles. The second kappa shape index (κ2) is 6.00. The Bertz CT molecular complexity index is 746. The molecule has 0 aromatic heterocycles. The molecule has 5 heteroatoms. The van der Waals surface area contributed by atoms with E-state index in [1.807, 2.05) is 31.7 Å². The lowest BCUT2D eigenvalue weighted by Gasteiger charge is -2.20. The van der Waals surface area contributed by atoms with Crippen LogP contribution in [0.25, 0.3) is 0 Å². The van der Waals surface area contributed by atoms with E-state index in [2.05, 4.69) is 17.4 Å². The molecule has 1 N–H and O–H groups in total. The summed E-state index contributed by atoms with van der Waals surface area (Å²) >= 11 is 0. The quantitative estimate of drug-likeness (QED) is 0.883. The molecule has 1 spiro atoms. The van der Waals surface area contributed by atoms with Crippen molar-refractivity contribution in [3.8, 4) is 0 Å². The summed E-state index contributed by atoms with van der Waals surface area (Å²) in [6.45, 7) is 7.38. The van der Waals surface area contributed by atoms with Gasteiger partial charge in [-0.25, -0.2) is 4.79 Å². The number of rotatable bonds is 2. The molecule has 1 heterocycles. The lowest BCUT2D eigenvalue weighted by atomic mass is 9.96. The fourth-order valence-corrected chi connectivity index (χ4v) is 4.53. The van der Waals surface area contributed by atoms with Crippen LogP contribution < -0.4 is 5.32 Å². The Morgan fingerprint density at radius 2 is 1.96 bits per heavy atom. The number of likely N-dealkylation sites (tertiary alicyclic amines) is 1. The lowest BCUT2D eigenvalue weighted by Crippen LogP contribution is -2.36. The molecule has 1 aliphatic heterocycles. The van der Waals surface area contributed by atoms with Gasteiger partial charge in [-0.05, 0) is 76.1 Å². The normalized spacial score (nSPS) is 26.7. The Morgan fingerprint density at radius 1 is 1.23 bits per heavy atom. The van der Waals surface area contributed by atoms with Gasteiger partial charge >= 0.3 is 6.09 Å². The smallest absolute Gasteiger partial charge is 0.407 e. The number of ether oxygens (including phenoxy) is 1. The molecular formula is C21H28N2O3. The summed E-state index contributed by atoms with van der Waals surface area (Å²) in [7, 11) is 0. The Kier molecular flexibility index (Phi) is 4.01. The summed E-state index contributed by atoms with van der Waals surface area (Å²) in [4.78, 5) is 26.6. The number of carbonyl (C=O) groups is 2. The predicted molar refractivity (Wildman–Crippen MR) is 99.4 cm³/mol. The molecule has 5 nitrogen and oxygen atoms in total. The van der Waals surface area contributed by atoms with Gasteiger partial charge in [-0.2, -0.15) is 0 Å². The fourth-order valence-electron chi connectivity index (χ4n) is 4.53. The van der Waals surface area contributed by atoms with Crippen molar-refractivity contribution < 1.29 is 14.3 Å². The lowest BCUT2D eigenvalue weighted by molar-refractivity contribution is 0.0519. The summed E-state index contributed by atoms with van der Waals surface area (Å²) in [5.41, 5.74) is 2.94. The summed E-state index contributed by atoms with van der Waals surface area (Å²) in [5, 5.41) is 3.03. The minimum absolute atomic E-state index is 0.0431. The number of amides is 2. The molecule has 0 bridgehead atoms. The molecule has 4 rings (SSSR count). The van der Waals surface area contributed by atoms with Crippen molar-refractivity contribution in [2.75, 3.05) is 13.1 Å². The van der Waals surface area contributed by atoms with Crippen molar-refractivity contribution in [2.45, 2.75) is 69.9 Å². The van der Waals surface area contributed by atoms with E-state index in [1.54, 1.807) is 0 Å². The zero-order valence-corrected chi connectivity index (χ0v) is 15.9. The van der Waals surface area contributed by atoms with Crippen molar-refractivity contribution in [2.24, 2.45) is 0 Å². The summed E-state index contributed by atoms with van der Waals surface area (Å²) in [6, 6.07) is 6.30. The van der Waals surface area contributed by atoms with Gasteiger partial charge in [0.15, 0.2) is 0 Å². The Hall–Kier alpha value is -2.04. The van der Waals surface area contributed by atoms with Gasteiger partial charge in [0.25, 0.3) is 5.91 Å². The Labute approximate surface area is 155 Å². The van der Waals surface area contributed by atoms with Gasteiger partial charge in [0, 0.05) is 30.1 Å². The van der Waals surface area contributed by atoms with E-state index >= 15 is 0 Å². The van der Waals surface area contributed by atoms with E-state index in [4.69, 9.17) is 4.74 Å². The number of benzene rings is 1. The van der Waals surface area contributed by atoms with Crippen LogP contribution in [0.1, 0.15) is 67.9 Å². The first kappa shape index (κ1) is 17.4. The highest BCUT2D eigenvalue weighted by Gasteiger charge is 2.59. The molecule has 2 amide bonds. The van der Waals surface area contributed by atoms with Crippen molar-refractivity contribution in [1.29, 1.82) is 0 Å². The van der Waals surface area contributed by atoms with E-state index in [0.717, 1.165) is 50.8 Å². The number of nitrogens with zero attached hydrogens (tertiary/aromatic N) is 1. The zero-order chi connectivity index (χ0) is 18.5. The first-order chi connectivity index (χ1) is 12.3. The highest BCUT2D eigenvalue weighted by atomic mass is 16.6. The van der Waals surface area contributed by atoms with Gasteiger partial charge in [0.2, 0.25) is 0 Å². The maximum Gasteiger partial charge on any atom is 0.407 e. The number of aryl methyl sites for hydroxylation is 1. The van der Waals surface area contributed by atoms with Crippen LogP contribution in [0.2, 0.25) is 0 Å². The molecule has 1 saturated carbocycles. The number of hydrogen-bond acceptors (Lipinski definition) is 3. The van der Waals surface area contributed by atoms with Crippen LogP contribution >= 0.6 is 0 Å². The first-order valence-corrected chi connectivity index (χ1v) is 9.71. The summed E-state index contributed by atoms with van der Waals surface area (Å²) in [6.07, 6.45) is 4.84. The minimum atomic E-state index is -0.482. The largest absolute Gasteiger partial charge is 0.444 e. The number of fused-ring (bicyclic) bond motifs is 2. The van der Waals surface area contributed by atoms with E-state index in [9.17, 15) is 9.59 Å². The van der Waals surface area contributed by atoms with Crippen LogP contribution in [0.15, 0.2) is 18.2 Å². The Morgan fingerprint density at radius 3 is 2.65 bits per heavy atom. The molecule has 140 valence electrons. The van der Waals surface area contributed by atoms with E-state index in [0.29, 0.717) is 0 Å². The molecule has 2 unspecified atom stereocenters. The van der Waals surface area contributed by atoms with Crippen LogP contribution in [0, 0.1) is 0 Å². The highest BCUT2D eigenvalue weighted by Crippen LogP contribution is 2.57. The van der Waals surface area contributed by atoms with Gasteiger partial charge in [0.1, 0.15) is 5.60 Å². The topological polar surface area (TPSA) is 58.6 Å². The molecule has 0 radical (unpaired) electrons. The SMILES string of the molecule is CC(C)(C)OC(=O)NC1CC12CCc1cc(C(=O)N3CCCC3)ccc12. The van der Waals surface area contributed by atoms with E-state index in [1.165, 1.54) is 11.1 Å². The van der Waals surface area contributed by atoms with Gasteiger partial charge in [-0.1, -0.05) is 6.07 Å². The molecule has 1 aromatic carbocycles. The third-order valence-corrected chi connectivity index (χ3v) is 5.89. The van der Waals surface area contributed by atoms with Gasteiger partial charge < -0.3 is 15.0 Å². The van der Waals surface area contributed by atoms with Crippen LogP contribution in [0.5, 0.6) is 0 Å². The Balaban J connectivity index is 1.46. The average Bonchev–Trinajstić information content (AvgIpc) is 2.93. The number of hydrogen-bond donors (Lipinski definition) is 1. The first-order valence-electron chi connectivity index (χ1n) is 9.71. The molecule has 1 aromatic rings. The van der Waals surface area contributed by atoms with Crippen molar-refractivity contribution in [3.63, 3.8) is 0 Å². The minimum Gasteiger partial charge on any atom is -0.444 e. The molecule has 26 heavy (non-hydrogen) atoms. The highest BCUT2D eigenvalue weighted by molar-refractivity contribution is 5.94. The van der Waals surface area contributed by atoms with E-state index < -0.39 is 5.60 Å². The zero-order valence-electron chi connectivity index (χ0n) is 15.9. The maximum atomic E-state index is 12.6. The number of alkyl carbamates (subject to hydrolysis) is 1. The summed E-state index contributed by atoms with van der Waals surface area (Å²) < 4.78 is 5.39. The van der Waals surface area contributed by atoms with Crippen molar-refractivity contribution in [1.82, 2.24) is 10.2 Å². The van der Waals surface area contributed by atoms with Gasteiger partial charge in [0.05, 0.1) is 0 Å². The van der Waals surface area contributed by atoms with Crippen LogP contribution in [-0.4, -0.2) is 41.6 Å². The van der Waals surface area contributed by atoms with Crippen LogP contribution in [0.4, 0.5) is 4.79 Å². The monoisotopic (exact) mass is 356 g/mol. The summed E-state index contributed by atoms with van der Waals surface area (Å²) in [5.74, 6) is 0.158. The second-order valence-corrected chi connectivity index (χ2v) is 8.93.